The number of nitrogens with zero attached hydrogens (tertiary/aromatic N) is 1. The number of phosphoric ester groups is 1. The topological polar surface area (TPSA) is 114 Å². The van der Waals surface area contributed by atoms with E-state index in [1.54, 1.807) is 6.08 Å². The zero-order valence-corrected chi connectivity index (χ0v) is 44.2. The molecule has 0 radical (unpaired) electrons. The van der Waals surface area contributed by atoms with Gasteiger partial charge in [0.25, 0.3) is 7.82 Å². The molecule has 0 aliphatic heterocycles. The summed E-state index contributed by atoms with van der Waals surface area (Å²) in [6, 6.07) is -0.931. The first-order valence-corrected chi connectivity index (χ1v) is 27.7. The normalized spacial score (nSPS) is 14.8. The number of phosphoric acid groups is 1. The molecule has 3 unspecified atom stereocenters. The van der Waals surface area contributed by atoms with Crippen LogP contribution >= 0.6 is 7.82 Å². The molecule has 0 heterocycles. The van der Waals surface area contributed by atoms with Crippen LogP contribution in [0.5, 0.6) is 0 Å². The molecule has 0 aromatic rings. The molecule has 382 valence electrons. The minimum absolute atomic E-state index is 0.0425. The number of allylic oxidation sites excluding steroid dienone is 17. The smallest absolute Gasteiger partial charge is 0.306 e. The first kappa shape index (κ1) is 63.7. The van der Waals surface area contributed by atoms with Gasteiger partial charge in [-0.15, -0.1) is 0 Å². The van der Waals surface area contributed by atoms with Crippen LogP contribution in [-0.2, 0) is 27.9 Å². The van der Waals surface area contributed by atoms with Crippen LogP contribution in [0.2, 0.25) is 0 Å². The molecule has 67 heavy (non-hydrogen) atoms. The van der Waals surface area contributed by atoms with Gasteiger partial charge < -0.3 is 28.5 Å². The molecule has 1 amide bonds. The van der Waals surface area contributed by atoms with E-state index in [9.17, 15) is 19.0 Å². The van der Waals surface area contributed by atoms with Gasteiger partial charge in [0.15, 0.2) is 0 Å². The second-order valence-corrected chi connectivity index (χ2v) is 19.7. The highest BCUT2D eigenvalue weighted by Crippen LogP contribution is 2.38. The van der Waals surface area contributed by atoms with Gasteiger partial charge in [0.2, 0.25) is 5.91 Å². The molecule has 0 aromatic heterocycles. The predicted octanol–water partition coefficient (Wildman–Crippen LogP) is 14.8. The maximum atomic E-state index is 13.4. The van der Waals surface area contributed by atoms with E-state index in [0.29, 0.717) is 23.9 Å². The molecule has 0 aliphatic rings. The number of hydrogen-bond acceptors (Lipinski definition) is 7. The van der Waals surface area contributed by atoms with Gasteiger partial charge in [-0.2, -0.15) is 0 Å². The maximum Gasteiger partial charge on any atom is 0.306 e. The molecule has 0 bridgehead atoms. The van der Waals surface area contributed by atoms with Gasteiger partial charge in [0, 0.05) is 12.8 Å². The van der Waals surface area contributed by atoms with E-state index >= 15 is 0 Å². The highest BCUT2D eigenvalue weighted by molar-refractivity contribution is 7.45. The van der Waals surface area contributed by atoms with Crippen molar-refractivity contribution in [3.8, 4) is 0 Å². The standard InChI is InChI=1S/C57H97N2O7P/c1-7-10-13-16-19-22-25-27-28-29-30-32-34-37-40-43-46-49-56(60)58-54(53-65-67(62,63)64-52-51-59(4,5)6)55(48-45-42-39-36-33-24-21-18-15-12-9-3)66-57(61)50-47-44-41-38-35-31-26-23-20-17-14-11-8-2/h10-11,13-14,17,19-20,22-23,26-28,30,32,37,40,45,48,54-55H,7-9,12,15-16,18,21,24-25,29,31,33-36,38-39,41-44,46-47,49-53H2,1-6H3,(H-,58,60,62,63)/b13-10-,14-11+,20-17+,22-19-,26-23-,28-27-,32-30-,40-37-,48-45-. The van der Waals surface area contributed by atoms with E-state index in [2.05, 4.69) is 117 Å². The number of unbranched alkanes of at least 4 members (excludes halogenated alkanes) is 15. The molecule has 0 saturated heterocycles. The van der Waals surface area contributed by atoms with E-state index in [-0.39, 0.29) is 31.3 Å². The average molecular weight is 953 g/mol. The van der Waals surface area contributed by atoms with Gasteiger partial charge in [-0.3, -0.25) is 14.2 Å². The van der Waals surface area contributed by atoms with E-state index < -0.39 is 26.6 Å². The van der Waals surface area contributed by atoms with Crippen LogP contribution in [0.1, 0.15) is 188 Å². The van der Waals surface area contributed by atoms with Crippen molar-refractivity contribution in [1.82, 2.24) is 5.32 Å². The quantitative estimate of drug-likeness (QED) is 0.0161. The van der Waals surface area contributed by atoms with Crippen molar-refractivity contribution in [3.63, 3.8) is 0 Å². The van der Waals surface area contributed by atoms with E-state index in [4.69, 9.17) is 13.8 Å². The molecular formula is C57H97N2O7P. The molecule has 0 spiro atoms. The number of esters is 1. The van der Waals surface area contributed by atoms with Crippen LogP contribution in [-0.4, -0.2) is 69.4 Å². The average Bonchev–Trinajstić information content (AvgIpc) is 3.28. The summed E-state index contributed by atoms with van der Waals surface area (Å²) in [5.41, 5.74) is 0. The highest BCUT2D eigenvalue weighted by atomic mass is 31.2. The lowest BCUT2D eigenvalue weighted by molar-refractivity contribution is -0.870. The highest BCUT2D eigenvalue weighted by Gasteiger charge is 2.27. The molecule has 1 N–H and O–H groups in total. The van der Waals surface area contributed by atoms with E-state index in [1.807, 2.05) is 33.3 Å². The number of hydrogen-bond donors (Lipinski definition) is 1. The molecule has 3 atom stereocenters. The third-order valence-electron chi connectivity index (χ3n) is 10.8. The first-order valence-electron chi connectivity index (χ1n) is 26.2. The Morgan fingerprint density at radius 1 is 0.552 bits per heavy atom. The Labute approximate surface area is 410 Å². The number of nitrogens with one attached hydrogen (secondary N) is 1. The molecule has 10 heteroatoms. The van der Waals surface area contributed by atoms with Crippen LogP contribution in [0.4, 0.5) is 0 Å². The number of rotatable bonds is 45. The van der Waals surface area contributed by atoms with Crippen molar-refractivity contribution in [2.45, 2.75) is 200 Å². The van der Waals surface area contributed by atoms with Gasteiger partial charge in [0.05, 0.1) is 33.8 Å². The number of ether oxygens (including phenoxy) is 1. The molecule has 0 fully saturated rings. The number of amides is 1. The molecule has 0 saturated carbocycles. The third kappa shape index (κ3) is 47.5. The summed E-state index contributed by atoms with van der Waals surface area (Å²) in [5, 5.41) is 2.96. The summed E-state index contributed by atoms with van der Waals surface area (Å²) < 4.78 is 30.1. The Kier molecular flexibility index (Phi) is 44.1. The van der Waals surface area contributed by atoms with Crippen molar-refractivity contribution in [2.75, 3.05) is 40.9 Å². The van der Waals surface area contributed by atoms with Gasteiger partial charge in [-0.25, -0.2) is 0 Å². The van der Waals surface area contributed by atoms with Crippen molar-refractivity contribution in [2.24, 2.45) is 0 Å². The van der Waals surface area contributed by atoms with Crippen LogP contribution < -0.4 is 10.2 Å². The molecule has 9 nitrogen and oxygen atoms in total. The van der Waals surface area contributed by atoms with Crippen molar-refractivity contribution < 1.29 is 37.3 Å². The fourth-order valence-electron chi connectivity index (χ4n) is 6.73. The zero-order chi connectivity index (χ0) is 49.4. The minimum atomic E-state index is -4.72. The largest absolute Gasteiger partial charge is 0.756 e. The first-order chi connectivity index (χ1) is 32.4. The fourth-order valence-corrected chi connectivity index (χ4v) is 7.45. The number of carbonyl (C=O) groups excluding carboxylic acids is 2. The predicted molar refractivity (Wildman–Crippen MR) is 284 cm³/mol. The molecule has 0 aliphatic carbocycles. The maximum absolute atomic E-state index is 13.4. The Hall–Kier alpha value is -3.33. The SMILES string of the molecule is CC/C=C\C/C=C\C/C=C\C/C=C\C/C=C\CCCC(=O)NC(COP(=O)([O-])OCC[N+](C)(C)C)C(/C=C\CCCCCCCCCCC)OC(=O)CCCCCCC\C=C/C=C/C=C/CC. The Morgan fingerprint density at radius 3 is 1.61 bits per heavy atom. The number of likely N-dealkylation sites (N-methyl/N-ethyl adjacent to an activating group) is 1. The van der Waals surface area contributed by atoms with Crippen LogP contribution in [0.25, 0.3) is 0 Å². The van der Waals surface area contributed by atoms with Gasteiger partial charge in [-0.1, -0.05) is 195 Å². The van der Waals surface area contributed by atoms with Crippen molar-refractivity contribution in [1.29, 1.82) is 0 Å². The summed E-state index contributed by atoms with van der Waals surface area (Å²) in [6.07, 6.45) is 62.1. The van der Waals surface area contributed by atoms with E-state index in [0.717, 1.165) is 96.3 Å². The molecule has 0 aromatic carbocycles. The lowest BCUT2D eigenvalue weighted by Crippen LogP contribution is -2.47. The Balaban J connectivity index is 5.53. The summed E-state index contributed by atoms with van der Waals surface area (Å²) in [6.45, 7) is 6.49. The zero-order valence-electron chi connectivity index (χ0n) is 43.3. The summed E-state index contributed by atoms with van der Waals surface area (Å²) in [4.78, 5) is 39.7. The number of quaternary nitrogens is 1. The van der Waals surface area contributed by atoms with Crippen molar-refractivity contribution >= 4 is 19.7 Å². The van der Waals surface area contributed by atoms with Crippen molar-refractivity contribution in [3.05, 3.63) is 109 Å². The molecule has 0 rings (SSSR count). The third-order valence-corrected chi connectivity index (χ3v) is 11.7. The van der Waals surface area contributed by atoms with Gasteiger partial charge >= 0.3 is 5.97 Å². The van der Waals surface area contributed by atoms with Crippen LogP contribution in [0.3, 0.4) is 0 Å². The lowest BCUT2D eigenvalue weighted by Gasteiger charge is -2.30. The minimum Gasteiger partial charge on any atom is -0.756 e. The van der Waals surface area contributed by atoms with Gasteiger partial charge in [-0.05, 0) is 89.5 Å². The summed E-state index contributed by atoms with van der Waals surface area (Å²) in [7, 11) is 1.12. The monoisotopic (exact) mass is 953 g/mol. The second kappa shape index (κ2) is 46.4. The Bertz CT molecular complexity index is 1520. The summed E-state index contributed by atoms with van der Waals surface area (Å²) >= 11 is 0. The second-order valence-electron chi connectivity index (χ2n) is 18.3. The number of carbonyl (C=O) groups is 2. The van der Waals surface area contributed by atoms with Crippen LogP contribution in [0.15, 0.2) is 109 Å². The van der Waals surface area contributed by atoms with Crippen LogP contribution in [0, 0.1) is 0 Å². The van der Waals surface area contributed by atoms with Gasteiger partial charge in [0.1, 0.15) is 19.3 Å². The fraction of sp³-hybridized carbons (Fsp3) is 0.649. The van der Waals surface area contributed by atoms with E-state index in [1.165, 1.54) is 44.9 Å². The Morgan fingerprint density at radius 2 is 1.04 bits per heavy atom. The molecular weight excluding hydrogens is 856 g/mol. The lowest BCUT2D eigenvalue weighted by atomic mass is 10.1. The summed E-state index contributed by atoms with van der Waals surface area (Å²) in [5.74, 6) is -0.646.